The molecule has 0 fully saturated rings. The topological polar surface area (TPSA) is 79.3 Å². The van der Waals surface area contributed by atoms with Crippen LogP contribution in [0.5, 0.6) is 0 Å². The predicted octanol–water partition coefficient (Wildman–Crippen LogP) is 0.815. The van der Waals surface area contributed by atoms with Gasteiger partial charge in [-0.1, -0.05) is 0 Å². The van der Waals surface area contributed by atoms with Crippen LogP contribution in [0.3, 0.4) is 0 Å². The Labute approximate surface area is 91.3 Å². The fourth-order valence-corrected chi connectivity index (χ4v) is 1.08. The van der Waals surface area contributed by atoms with Crippen molar-refractivity contribution >= 4 is 11.9 Å². The van der Waals surface area contributed by atoms with Gasteiger partial charge in [-0.2, -0.15) is 0 Å². The number of hydrogen-bond donors (Lipinski definition) is 2. The number of carboxylic acids is 1. The highest BCUT2D eigenvalue weighted by Gasteiger charge is 2.06. The van der Waals surface area contributed by atoms with Crippen LogP contribution in [0.25, 0.3) is 0 Å². The molecule has 0 unspecified atom stereocenters. The number of carboxylic acid groups (broad SMARTS) is 1. The smallest absolute Gasteiger partial charge is 0.303 e. The largest absolute Gasteiger partial charge is 0.481 e. The predicted molar refractivity (Wildman–Crippen MR) is 53.4 cm³/mol. The molecule has 0 spiro atoms. The number of halogens is 1. The highest BCUT2D eigenvalue weighted by molar-refractivity contribution is 5.93. The lowest BCUT2D eigenvalue weighted by atomic mass is 10.2. The van der Waals surface area contributed by atoms with Crippen LogP contribution in [0.1, 0.15) is 23.2 Å². The van der Waals surface area contributed by atoms with Crippen LogP contribution in [0, 0.1) is 5.82 Å². The number of carbonyl (C=O) groups excluding carboxylic acids is 1. The van der Waals surface area contributed by atoms with Crippen molar-refractivity contribution in [2.75, 3.05) is 6.54 Å². The maximum atomic E-state index is 12.7. The van der Waals surface area contributed by atoms with Gasteiger partial charge in [0.25, 0.3) is 5.91 Å². The Morgan fingerprint density at radius 2 is 2.19 bits per heavy atom. The summed E-state index contributed by atoms with van der Waals surface area (Å²) in [4.78, 5) is 25.1. The average Bonchev–Trinajstić information content (AvgIpc) is 2.24. The zero-order chi connectivity index (χ0) is 12.0. The molecule has 5 nitrogen and oxygen atoms in total. The molecule has 0 aromatic carbocycles. The quantitative estimate of drug-likeness (QED) is 0.728. The summed E-state index contributed by atoms with van der Waals surface area (Å²) in [5.74, 6) is -1.96. The number of rotatable bonds is 5. The van der Waals surface area contributed by atoms with Crippen molar-refractivity contribution in [3.05, 3.63) is 29.8 Å². The minimum Gasteiger partial charge on any atom is -0.481 e. The zero-order valence-corrected chi connectivity index (χ0v) is 8.44. The summed E-state index contributed by atoms with van der Waals surface area (Å²) in [6.45, 7) is 0.238. The van der Waals surface area contributed by atoms with Crippen LogP contribution in [0.4, 0.5) is 4.39 Å². The van der Waals surface area contributed by atoms with Crippen molar-refractivity contribution in [3.8, 4) is 0 Å². The Balaban J connectivity index is 2.38. The second kappa shape index (κ2) is 5.79. The third-order valence-electron chi connectivity index (χ3n) is 1.82. The Morgan fingerprint density at radius 3 is 2.81 bits per heavy atom. The van der Waals surface area contributed by atoms with Gasteiger partial charge in [0.2, 0.25) is 0 Å². The molecule has 0 aliphatic carbocycles. The maximum absolute atomic E-state index is 12.7. The van der Waals surface area contributed by atoms with Crippen molar-refractivity contribution in [2.24, 2.45) is 0 Å². The Kier molecular flexibility index (Phi) is 4.38. The van der Waals surface area contributed by atoms with Gasteiger partial charge >= 0.3 is 5.97 Å². The van der Waals surface area contributed by atoms with Gasteiger partial charge in [-0.15, -0.1) is 0 Å². The summed E-state index contributed by atoms with van der Waals surface area (Å²) in [7, 11) is 0. The van der Waals surface area contributed by atoms with E-state index in [0.29, 0.717) is 6.42 Å². The lowest BCUT2D eigenvalue weighted by Crippen LogP contribution is -2.25. The molecule has 16 heavy (non-hydrogen) atoms. The molecule has 0 saturated carbocycles. The van der Waals surface area contributed by atoms with Crippen LogP contribution in [0.15, 0.2) is 18.5 Å². The van der Waals surface area contributed by atoms with Gasteiger partial charge in [0, 0.05) is 19.2 Å². The van der Waals surface area contributed by atoms with Gasteiger partial charge in [0.1, 0.15) is 5.82 Å². The van der Waals surface area contributed by atoms with Crippen LogP contribution in [0.2, 0.25) is 0 Å². The van der Waals surface area contributed by atoms with Gasteiger partial charge < -0.3 is 10.4 Å². The van der Waals surface area contributed by atoms with E-state index < -0.39 is 17.7 Å². The molecule has 1 rings (SSSR count). The van der Waals surface area contributed by atoms with Crippen molar-refractivity contribution in [2.45, 2.75) is 12.8 Å². The fraction of sp³-hybridized carbons (Fsp3) is 0.300. The maximum Gasteiger partial charge on any atom is 0.303 e. The molecule has 1 amide bonds. The first kappa shape index (κ1) is 12.1. The van der Waals surface area contributed by atoms with Crippen LogP contribution in [-0.4, -0.2) is 28.5 Å². The number of nitrogens with zero attached hydrogens (tertiary/aromatic N) is 1. The molecular weight excluding hydrogens is 215 g/mol. The van der Waals surface area contributed by atoms with Gasteiger partial charge in [0.15, 0.2) is 0 Å². The molecule has 0 bridgehead atoms. The Morgan fingerprint density at radius 1 is 1.44 bits per heavy atom. The molecule has 86 valence electrons. The van der Waals surface area contributed by atoms with E-state index in [2.05, 4.69) is 10.3 Å². The normalized spacial score (nSPS) is 9.81. The summed E-state index contributed by atoms with van der Waals surface area (Å²) < 4.78 is 12.7. The highest BCUT2D eigenvalue weighted by atomic mass is 19.1. The number of aliphatic carboxylic acids is 1. The first-order chi connectivity index (χ1) is 7.59. The van der Waals surface area contributed by atoms with Crippen molar-refractivity contribution in [1.82, 2.24) is 10.3 Å². The van der Waals surface area contributed by atoms with E-state index >= 15 is 0 Å². The number of amides is 1. The summed E-state index contributed by atoms with van der Waals surface area (Å²) in [5, 5.41) is 10.8. The van der Waals surface area contributed by atoms with E-state index in [4.69, 9.17) is 5.11 Å². The van der Waals surface area contributed by atoms with Crippen LogP contribution >= 0.6 is 0 Å². The van der Waals surface area contributed by atoms with E-state index in [0.717, 1.165) is 12.3 Å². The number of aromatic nitrogens is 1. The van der Waals surface area contributed by atoms with Crippen molar-refractivity contribution in [1.29, 1.82) is 0 Å². The third kappa shape index (κ3) is 4.04. The molecule has 0 aliphatic heterocycles. The molecule has 0 aliphatic rings. The number of carbonyl (C=O) groups is 2. The molecule has 1 aromatic rings. The third-order valence-corrected chi connectivity index (χ3v) is 1.82. The van der Waals surface area contributed by atoms with E-state index in [1.165, 1.54) is 6.20 Å². The molecule has 6 heteroatoms. The number of hydrogen-bond acceptors (Lipinski definition) is 3. The highest BCUT2D eigenvalue weighted by Crippen LogP contribution is 2.00. The minimum atomic E-state index is -0.915. The summed E-state index contributed by atoms with van der Waals surface area (Å²) in [6, 6.07) is 1.07. The molecule has 0 radical (unpaired) electrons. The van der Waals surface area contributed by atoms with E-state index in [-0.39, 0.29) is 18.5 Å². The average molecular weight is 226 g/mol. The Hall–Kier alpha value is -1.98. The zero-order valence-electron chi connectivity index (χ0n) is 8.44. The molecule has 1 heterocycles. The van der Waals surface area contributed by atoms with E-state index in [9.17, 15) is 14.0 Å². The molecule has 0 saturated heterocycles. The first-order valence-corrected chi connectivity index (χ1v) is 4.70. The number of nitrogens with one attached hydrogen (secondary N) is 1. The van der Waals surface area contributed by atoms with Gasteiger partial charge in [-0.3, -0.25) is 14.6 Å². The van der Waals surface area contributed by atoms with Gasteiger partial charge in [-0.05, 0) is 12.5 Å². The van der Waals surface area contributed by atoms with Crippen molar-refractivity contribution < 1.29 is 19.1 Å². The summed E-state index contributed by atoms with van der Waals surface area (Å²) in [5.41, 5.74) is 0.121. The number of pyridine rings is 1. The monoisotopic (exact) mass is 226 g/mol. The molecule has 1 aromatic heterocycles. The Bertz CT molecular complexity index is 395. The van der Waals surface area contributed by atoms with E-state index in [1.807, 2.05) is 0 Å². The SMILES string of the molecule is O=C(O)CCCNC(=O)c1cncc(F)c1. The fourth-order valence-electron chi connectivity index (χ4n) is 1.08. The lowest BCUT2D eigenvalue weighted by molar-refractivity contribution is -0.137. The van der Waals surface area contributed by atoms with Gasteiger partial charge in [-0.25, -0.2) is 4.39 Å². The van der Waals surface area contributed by atoms with Gasteiger partial charge in [0.05, 0.1) is 11.8 Å². The van der Waals surface area contributed by atoms with Crippen LogP contribution < -0.4 is 5.32 Å². The molecule has 0 atom stereocenters. The second-order valence-electron chi connectivity index (χ2n) is 3.15. The summed E-state index contributed by atoms with van der Waals surface area (Å²) >= 11 is 0. The molecule has 2 N–H and O–H groups in total. The second-order valence-corrected chi connectivity index (χ2v) is 3.15. The summed E-state index contributed by atoms with van der Waals surface area (Å²) in [6.07, 6.45) is 2.57. The lowest BCUT2D eigenvalue weighted by Gasteiger charge is -2.03. The minimum absolute atomic E-state index is 0.0122. The molecular formula is C10H11FN2O3. The van der Waals surface area contributed by atoms with Crippen molar-refractivity contribution in [3.63, 3.8) is 0 Å². The standard InChI is InChI=1S/C10H11FN2O3/c11-8-4-7(5-12-6-8)10(16)13-3-1-2-9(14)15/h4-6H,1-3H2,(H,13,16)(H,14,15). The first-order valence-electron chi connectivity index (χ1n) is 4.70. The van der Waals surface area contributed by atoms with E-state index in [1.54, 1.807) is 0 Å². The van der Waals surface area contributed by atoms with Crippen LogP contribution in [-0.2, 0) is 4.79 Å².